The lowest BCUT2D eigenvalue weighted by Crippen LogP contribution is -2.46. The third-order valence-corrected chi connectivity index (χ3v) is 13.6. The number of benzene rings is 3. The number of carbonyl (C=O) groups excluding carboxylic acids is 3. The van der Waals surface area contributed by atoms with Crippen LogP contribution < -0.4 is 15.0 Å². The first-order chi connectivity index (χ1) is 24.4. The quantitative estimate of drug-likeness (QED) is 0.168. The molecule has 4 heterocycles. The number of hydrogen-bond donors (Lipinski definition) is 4. The van der Waals surface area contributed by atoms with Crippen LogP contribution in [0.4, 0.5) is 11.4 Å². The largest absolute Gasteiger partial charge is 0.497 e. The van der Waals surface area contributed by atoms with E-state index in [1.807, 2.05) is 92.9 Å². The molecular weight excluding hydrogens is 665 g/mol. The highest BCUT2D eigenvalue weighted by Crippen LogP contribution is 2.60. The molecule has 0 bridgehead atoms. The zero-order chi connectivity index (χ0) is 36.1. The molecule has 3 aliphatic rings. The number of ether oxygens (including phenoxy) is 2. The fraction of sp³-hybridized carbons (Fsp3) is 0.410. The number of hydrogen-bond acceptors (Lipinski definition) is 7. The minimum absolute atomic E-state index is 0.0182. The lowest BCUT2D eigenvalue weighted by atomic mass is 9.82. The fourth-order valence-electron chi connectivity index (χ4n) is 8.72. The molecule has 3 amide bonds. The Morgan fingerprint density at radius 2 is 1.88 bits per heavy atom. The Morgan fingerprint density at radius 1 is 1.12 bits per heavy atom. The van der Waals surface area contributed by atoms with Crippen LogP contribution in [-0.2, 0) is 37.7 Å². The van der Waals surface area contributed by atoms with Gasteiger partial charge >= 0.3 is 0 Å². The van der Waals surface area contributed by atoms with E-state index in [0.29, 0.717) is 29.2 Å². The molecule has 0 radical (unpaired) electrons. The highest BCUT2D eigenvalue weighted by Gasteiger charge is 2.66. The van der Waals surface area contributed by atoms with Crippen LogP contribution in [0.25, 0.3) is 10.9 Å². The van der Waals surface area contributed by atoms with Gasteiger partial charge in [-0.25, -0.2) is 0 Å². The zero-order valence-corrected chi connectivity index (χ0v) is 30.5. The van der Waals surface area contributed by atoms with Gasteiger partial charge in [0, 0.05) is 46.4 Å². The van der Waals surface area contributed by atoms with E-state index in [0.717, 1.165) is 34.9 Å². The van der Waals surface area contributed by atoms with Crippen LogP contribution in [0.1, 0.15) is 42.9 Å². The molecule has 1 aromatic heterocycles. The molecule has 268 valence electrons. The number of aromatic amines is 1. The lowest BCUT2D eigenvalue weighted by Gasteiger charge is -2.32. The number of nitrogens with one attached hydrogen (secondary N) is 2. The van der Waals surface area contributed by atoms with E-state index in [1.165, 1.54) is 0 Å². The number of anilines is 2. The van der Waals surface area contributed by atoms with Gasteiger partial charge in [-0.15, -0.1) is 0 Å². The number of H-pyrrole nitrogens is 1. The summed E-state index contributed by atoms with van der Waals surface area (Å²) < 4.78 is 12.5. The number of aliphatic hydroxyl groups is 1. The smallest absolute Gasteiger partial charge is 0.264 e. The average Bonchev–Trinajstić information content (AvgIpc) is 3.87. The van der Waals surface area contributed by atoms with Gasteiger partial charge in [0.05, 0.1) is 50.9 Å². The maximum Gasteiger partial charge on any atom is 0.264 e. The monoisotopic (exact) mass is 710 g/mol. The Morgan fingerprint density at radius 3 is 2.61 bits per heavy atom. The van der Waals surface area contributed by atoms with Gasteiger partial charge in [-0.05, 0) is 73.5 Å². The number of methoxy groups -OCH3 is 1. The molecule has 2 saturated heterocycles. The maximum absolute atomic E-state index is 14.8. The van der Waals surface area contributed by atoms with Crippen LogP contribution in [0.3, 0.4) is 0 Å². The molecule has 5 atom stereocenters. The summed E-state index contributed by atoms with van der Waals surface area (Å²) in [5.74, 6) is -0.375. The molecule has 3 aliphatic heterocycles. The predicted molar refractivity (Wildman–Crippen MR) is 197 cm³/mol. The van der Waals surface area contributed by atoms with Gasteiger partial charge in [-0.2, -0.15) is 0 Å². The van der Waals surface area contributed by atoms with Gasteiger partial charge in [0.25, 0.3) is 5.91 Å². The van der Waals surface area contributed by atoms with Crippen molar-refractivity contribution in [2.75, 3.05) is 30.5 Å². The first-order valence-corrected chi connectivity index (χ1v) is 20.7. The van der Waals surface area contributed by atoms with Crippen molar-refractivity contribution < 1.29 is 33.8 Å². The number of fused-ring (bicyclic) bond motifs is 3. The molecular formula is C39H46N4O7Si. The normalized spacial score (nSPS) is 24.5. The summed E-state index contributed by atoms with van der Waals surface area (Å²) in [5.41, 5.74) is 2.92. The van der Waals surface area contributed by atoms with Gasteiger partial charge in [-0.3, -0.25) is 14.4 Å². The van der Waals surface area contributed by atoms with Crippen molar-refractivity contribution in [2.45, 2.75) is 75.5 Å². The van der Waals surface area contributed by atoms with Gasteiger partial charge < -0.3 is 39.5 Å². The van der Waals surface area contributed by atoms with E-state index in [2.05, 4.69) is 10.3 Å². The number of carbonyl (C=O) groups is 3. The predicted octanol–water partition coefficient (Wildman–Crippen LogP) is 5.08. The minimum Gasteiger partial charge on any atom is -0.497 e. The molecule has 0 unspecified atom stereocenters. The van der Waals surface area contributed by atoms with Gasteiger partial charge in [-0.1, -0.05) is 37.3 Å². The van der Waals surface area contributed by atoms with Crippen molar-refractivity contribution in [1.29, 1.82) is 0 Å². The molecule has 11 nitrogen and oxygen atoms in total. The van der Waals surface area contributed by atoms with Crippen molar-refractivity contribution in [3.8, 4) is 5.75 Å². The highest BCUT2D eigenvalue weighted by atomic mass is 28.4. The van der Waals surface area contributed by atoms with Crippen LogP contribution in [0.5, 0.6) is 5.75 Å². The number of likely N-dealkylation sites (tertiary alicyclic amines) is 1. The SMILES string of the molecule is COc1ccc2c(c1)[C@@]1(O[C@H](CC(=O)N3CCC[C@H]3CO)[C@@H]([Si](C)(C)O)[C@@H]1C)C(=O)N2Cc1ccc(NC(=O)Cc2c[nH]c3ccccc23)cc1. The summed E-state index contributed by atoms with van der Waals surface area (Å²) in [4.78, 5) is 59.7. The minimum atomic E-state index is -2.98. The molecule has 4 N–H and O–H groups in total. The number of para-hydroxylation sites is 1. The molecule has 12 heteroatoms. The maximum atomic E-state index is 14.8. The Labute approximate surface area is 298 Å². The first kappa shape index (κ1) is 34.9. The summed E-state index contributed by atoms with van der Waals surface area (Å²) in [6, 6.07) is 20.6. The Hall–Kier alpha value is -4.49. The van der Waals surface area contributed by atoms with Crippen molar-refractivity contribution in [3.05, 3.63) is 89.6 Å². The Balaban J connectivity index is 1.13. The van der Waals surface area contributed by atoms with Crippen LogP contribution in [0, 0.1) is 5.92 Å². The van der Waals surface area contributed by atoms with E-state index in [-0.39, 0.29) is 49.8 Å². The molecule has 2 fully saturated rings. The molecule has 51 heavy (non-hydrogen) atoms. The fourth-order valence-corrected chi connectivity index (χ4v) is 11.3. The average molecular weight is 711 g/mol. The number of aromatic nitrogens is 1. The van der Waals surface area contributed by atoms with Crippen molar-refractivity contribution in [2.24, 2.45) is 5.92 Å². The van der Waals surface area contributed by atoms with Crippen molar-refractivity contribution >= 4 is 48.3 Å². The number of amides is 3. The Kier molecular flexibility index (Phi) is 9.29. The van der Waals surface area contributed by atoms with Gasteiger partial charge in [0.1, 0.15) is 5.75 Å². The summed E-state index contributed by atoms with van der Waals surface area (Å²) in [6.07, 6.45) is 3.00. The van der Waals surface area contributed by atoms with Crippen LogP contribution in [-0.4, -0.2) is 78.2 Å². The van der Waals surface area contributed by atoms with E-state index < -0.39 is 31.5 Å². The lowest BCUT2D eigenvalue weighted by molar-refractivity contribution is -0.150. The zero-order valence-electron chi connectivity index (χ0n) is 29.5. The summed E-state index contributed by atoms with van der Waals surface area (Å²) in [6.45, 7) is 6.35. The molecule has 0 saturated carbocycles. The van der Waals surface area contributed by atoms with Crippen molar-refractivity contribution in [1.82, 2.24) is 9.88 Å². The van der Waals surface area contributed by atoms with Crippen LogP contribution in [0.2, 0.25) is 18.6 Å². The van der Waals surface area contributed by atoms with E-state index >= 15 is 0 Å². The summed E-state index contributed by atoms with van der Waals surface area (Å²) in [7, 11) is -1.41. The second kappa shape index (κ2) is 13.6. The van der Waals surface area contributed by atoms with Crippen LogP contribution in [0.15, 0.2) is 72.9 Å². The Bertz CT molecular complexity index is 1960. The second-order valence-corrected chi connectivity index (χ2v) is 18.7. The molecule has 1 spiro atoms. The summed E-state index contributed by atoms with van der Waals surface area (Å²) in [5, 5.41) is 13.9. The number of rotatable bonds is 10. The highest BCUT2D eigenvalue weighted by molar-refractivity contribution is 6.71. The topological polar surface area (TPSA) is 144 Å². The molecule has 4 aromatic rings. The van der Waals surface area contributed by atoms with E-state index in [4.69, 9.17) is 9.47 Å². The third-order valence-electron chi connectivity index (χ3n) is 11.1. The summed E-state index contributed by atoms with van der Waals surface area (Å²) >= 11 is 0. The standard InChI is InChI=1S/C39H46N4O7Si/c1-24-37(51(3,4)48)34(20-36(46)42-17-7-8-28(42)23-44)50-39(24)31-19-29(49-2)15-16-33(31)43(38(39)47)22-25-11-13-27(14-12-25)41-35(45)18-26-21-40-32-10-6-5-9-30(26)32/h5-6,9-16,19,21,24,28,34,37,40,44,48H,7-8,17-18,20,22-23H2,1-4H3,(H,41,45)/t24-,28-,34+,37-,39+/m0/s1. The van der Waals surface area contributed by atoms with Crippen molar-refractivity contribution in [3.63, 3.8) is 0 Å². The van der Waals surface area contributed by atoms with Gasteiger partial charge in [0.15, 0.2) is 13.9 Å². The molecule has 7 rings (SSSR count). The second-order valence-electron chi connectivity index (χ2n) is 14.7. The van der Waals surface area contributed by atoms with E-state index in [9.17, 15) is 24.3 Å². The van der Waals surface area contributed by atoms with Crippen LogP contribution >= 0.6 is 0 Å². The van der Waals surface area contributed by atoms with E-state index in [1.54, 1.807) is 16.9 Å². The number of aliphatic hydroxyl groups excluding tert-OH is 1. The molecule has 0 aliphatic carbocycles. The third kappa shape index (κ3) is 6.24. The first-order valence-electron chi connectivity index (χ1n) is 17.7. The number of nitrogens with zero attached hydrogens (tertiary/aromatic N) is 2. The van der Waals surface area contributed by atoms with Gasteiger partial charge in [0.2, 0.25) is 11.8 Å². The molecule has 3 aromatic carbocycles.